The third-order valence-corrected chi connectivity index (χ3v) is 4.82. The second-order valence-electron chi connectivity index (χ2n) is 6.91. The largest absolute Gasteiger partial charge is 0.497 e. The van der Waals surface area contributed by atoms with Crippen molar-refractivity contribution in [3.63, 3.8) is 0 Å². The number of carbonyl (C=O) groups excluding carboxylic acids is 1. The molecule has 1 saturated heterocycles. The number of piperidine rings is 1. The second-order valence-corrected chi connectivity index (χ2v) is 6.91. The highest BCUT2D eigenvalue weighted by atomic mass is 16.7. The van der Waals surface area contributed by atoms with Gasteiger partial charge < -0.3 is 14.9 Å². The summed E-state index contributed by atoms with van der Waals surface area (Å²) in [6, 6.07) is 8.16. The Kier molecular flexibility index (Phi) is 5.58. The van der Waals surface area contributed by atoms with Crippen molar-refractivity contribution >= 4 is 11.6 Å². The standard InChI is InChI=1S/C19H27N3O3/c1-3-10-20-18(23)17-12-19(25-21-17)9-4-11-22(14-19)13-15-5-7-16(24-2)8-6-15/h5-8H,3-4,9-14H2,1-2H3,(H,20,23). The van der Waals surface area contributed by atoms with Crippen LogP contribution in [0.15, 0.2) is 29.4 Å². The Morgan fingerprint density at radius 3 is 2.92 bits per heavy atom. The molecule has 0 saturated carbocycles. The number of nitrogens with zero attached hydrogens (tertiary/aromatic N) is 2. The van der Waals surface area contributed by atoms with Crippen molar-refractivity contribution in [2.24, 2.45) is 5.16 Å². The highest BCUT2D eigenvalue weighted by Crippen LogP contribution is 2.34. The molecule has 6 nitrogen and oxygen atoms in total. The van der Waals surface area contributed by atoms with Gasteiger partial charge in [-0.25, -0.2) is 0 Å². The molecular weight excluding hydrogens is 318 g/mol. The molecule has 2 heterocycles. The number of amides is 1. The monoisotopic (exact) mass is 345 g/mol. The lowest BCUT2D eigenvalue weighted by atomic mass is 9.88. The Hall–Kier alpha value is -2.08. The Balaban J connectivity index is 1.57. The van der Waals surface area contributed by atoms with Crippen molar-refractivity contribution in [1.29, 1.82) is 0 Å². The smallest absolute Gasteiger partial charge is 0.269 e. The van der Waals surface area contributed by atoms with Crippen molar-refractivity contribution in [2.75, 3.05) is 26.7 Å². The van der Waals surface area contributed by atoms with E-state index < -0.39 is 0 Å². The fraction of sp³-hybridized carbons (Fsp3) is 0.579. The Morgan fingerprint density at radius 2 is 2.20 bits per heavy atom. The highest BCUT2D eigenvalue weighted by molar-refractivity contribution is 6.39. The van der Waals surface area contributed by atoms with Crippen LogP contribution in [-0.4, -0.2) is 48.9 Å². The second kappa shape index (κ2) is 7.87. The van der Waals surface area contributed by atoms with Gasteiger partial charge >= 0.3 is 0 Å². The summed E-state index contributed by atoms with van der Waals surface area (Å²) in [7, 11) is 1.68. The quantitative estimate of drug-likeness (QED) is 0.859. The van der Waals surface area contributed by atoms with Crippen LogP contribution in [0.1, 0.15) is 38.2 Å². The molecule has 1 aromatic carbocycles. The van der Waals surface area contributed by atoms with Crippen molar-refractivity contribution in [3.8, 4) is 5.75 Å². The summed E-state index contributed by atoms with van der Waals surface area (Å²) in [5, 5.41) is 6.97. The molecule has 25 heavy (non-hydrogen) atoms. The van der Waals surface area contributed by atoms with E-state index in [0.29, 0.717) is 18.7 Å². The molecular formula is C19H27N3O3. The van der Waals surface area contributed by atoms with Crippen molar-refractivity contribution in [2.45, 2.75) is 44.8 Å². The van der Waals surface area contributed by atoms with Gasteiger partial charge in [0, 0.05) is 26.1 Å². The molecule has 1 atom stereocenters. The zero-order valence-corrected chi connectivity index (χ0v) is 15.1. The zero-order valence-electron chi connectivity index (χ0n) is 15.1. The number of nitrogens with one attached hydrogen (secondary N) is 1. The average Bonchev–Trinajstić information content (AvgIpc) is 3.03. The van der Waals surface area contributed by atoms with Gasteiger partial charge in [0.15, 0.2) is 5.60 Å². The summed E-state index contributed by atoms with van der Waals surface area (Å²) in [6.45, 7) is 5.41. The van der Waals surface area contributed by atoms with Gasteiger partial charge in [0.2, 0.25) is 0 Å². The van der Waals surface area contributed by atoms with Crippen LogP contribution in [0.25, 0.3) is 0 Å². The third-order valence-electron chi connectivity index (χ3n) is 4.82. The highest BCUT2D eigenvalue weighted by Gasteiger charge is 2.44. The van der Waals surface area contributed by atoms with Crippen LogP contribution in [0.2, 0.25) is 0 Å². The van der Waals surface area contributed by atoms with E-state index in [4.69, 9.17) is 9.57 Å². The van der Waals surface area contributed by atoms with Gasteiger partial charge in [-0.1, -0.05) is 24.2 Å². The van der Waals surface area contributed by atoms with Crippen LogP contribution in [-0.2, 0) is 16.2 Å². The van der Waals surface area contributed by atoms with Crippen LogP contribution in [0.5, 0.6) is 5.75 Å². The average molecular weight is 345 g/mol. The Labute approximate surface area is 149 Å². The number of methoxy groups -OCH3 is 1. The van der Waals surface area contributed by atoms with E-state index in [1.165, 1.54) is 5.56 Å². The van der Waals surface area contributed by atoms with Crippen LogP contribution >= 0.6 is 0 Å². The molecule has 136 valence electrons. The zero-order chi connectivity index (χ0) is 17.7. The Morgan fingerprint density at radius 1 is 1.40 bits per heavy atom. The van der Waals surface area contributed by atoms with Crippen molar-refractivity contribution in [3.05, 3.63) is 29.8 Å². The van der Waals surface area contributed by atoms with Crippen LogP contribution in [0.3, 0.4) is 0 Å². The topological polar surface area (TPSA) is 63.2 Å². The number of hydrogen-bond acceptors (Lipinski definition) is 5. The third kappa shape index (κ3) is 4.31. The summed E-state index contributed by atoms with van der Waals surface area (Å²) < 4.78 is 5.21. The molecule has 3 rings (SSSR count). The van der Waals surface area contributed by atoms with Crippen molar-refractivity contribution < 1.29 is 14.4 Å². The summed E-state index contributed by atoms with van der Waals surface area (Å²) in [6.07, 6.45) is 3.51. The van der Waals surface area contributed by atoms with Gasteiger partial charge in [-0.2, -0.15) is 0 Å². The van der Waals surface area contributed by atoms with E-state index >= 15 is 0 Å². The molecule has 6 heteroatoms. The Bertz CT molecular complexity index is 629. The van der Waals surface area contributed by atoms with Gasteiger partial charge in [-0.15, -0.1) is 0 Å². The van der Waals surface area contributed by atoms with Gasteiger partial charge in [-0.3, -0.25) is 9.69 Å². The van der Waals surface area contributed by atoms with E-state index in [1.807, 2.05) is 19.1 Å². The number of likely N-dealkylation sites (tertiary alicyclic amines) is 1. The molecule has 1 N–H and O–H groups in total. The number of carbonyl (C=O) groups is 1. The first-order chi connectivity index (χ1) is 12.1. The van der Waals surface area contributed by atoms with Crippen molar-refractivity contribution in [1.82, 2.24) is 10.2 Å². The number of ether oxygens (including phenoxy) is 1. The maximum atomic E-state index is 12.1. The maximum Gasteiger partial charge on any atom is 0.269 e. The summed E-state index contributed by atoms with van der Waals surface area (Å²) in [4.78, 5) is 20.3. The van der Waals surface area contributed by atoms with Gasteiger partial charge in [0.1, 0.15) is 11.5 Å². The van der Waals surface area contributed by atoms with E-state index in [0.717, 1.165) is 44.6 Å². The lowest BCUT2D eigenvalue weighted by Gasteiger charge is -2.38. The number of rotatable bonds is 6. The molecule has 2 aliphatic rings. The molecule has 2 aliphatic heterocycles. The van der Waals surface area contributed by atoms with E-state index in [9.17, 15) is 4.79 Å². The first-order valence-corrected chi connectivity index (χ1v) is 9.03. The van der Waals surface area contributed by atoms with E-state index in [-0.39, 0.29) is 11.5 Å². The predicted octanol–water partition coefficient (Wildman–Crippen LogP) is 2.33. The fourth-order valence-electron chi connectivity index (χ4n) is 3.52. The normalized spacial score (nSPS) is 23.2. The summed E-state index contributed by atoms with van der Waals surface area (Å²) in [5.41, 5.74) is 1.43. The lowest BCUT2D eigenvalue weighted by molar-refractivity contribution is -0.114. The molecule has 1 unspecified atom stereocenters. The number of hydrogen-bond donors (Lipinski definition) is 1. The number of benzene rings is 1. The molecule has 1 amide bonds. The van der Waals surface area contributed by atoms with Gasteiger partial charge in [-0.05, 0) is 43.5 Å². The first-order valence-electron chi connectivity index (χ1n) is 9.03. The van der Waals surface area contributed by atoms with Gasteiger partial charge in [0.25, 0.3) is 5.91 Å². The van der Waals surface area contributed by atoms with E-state index in [2.05, 4.69) is 27.5 Å². The maximum absolute atomic E-state index is 12.1. The molecule has 0 aromatic heterocycles. The minimum atomic E-state index is -0.344. The molecule has 1 aromatic rings. The summed E-state index contributed by atoms with van der Waals surface area (Å²) in [5.74, 6) is 0.778. The molecule has 0 bridgehead atoms. The van der Waals surface area contributed by atoms with E-state index in [1.54, 1.807) is 7.11 Å². The van der Waals surface area contributed by atoms with Gasteiger partial charge in [0.05, 0.1) is 7.11 Å². The predicted molar refractivity (Wildman–Crippen MR) is 96.7 cm³/mol. The molecule has 1 fully saturated rings. The minimum Gasteiger partial charge on any atom is -0.497 e. The molecule has 0 aliphatic carbocycles. The van der Waals surface area contributed by atoms with Crippen LogP contribution in [0, 0.1) is 0 Å². The summed E-state index contributed by atoms with van der Waals surface area (Å²) >= 11 is 0. The SMILES string of the molecule is CCCNC(=O)C1=NOC2(CCCN(Cc3ccc(OC)cc3)C2)C1. The first kappa shape index (κ1) is 17.7. The van der Waals surface area contributed by atoms with Crippen LogP contribution in [0.4, 0.5) is 0 Å². The van der Waals surface area contributed by atoms with Crippen LogP contribution < -0.4 is 10.1 Å². The fourth-order valence-corrected chi connectivity index (χ4v) is 3.52. The number of oxime groups is 1. The minimum absolute atomic E-state index is 0.0917. The molecule has 0 radical (unpaired) electrons. The molecule has 1 spiro atoms. The lowest BCUT2D eigenvalue weighted by Crippen LogP contribution is -2.48.